The summed E-state index contributed by atoms with van der Waals surface area (Å²) in [6, 6.07) is 1.47. The molecule has 6 heteroatoms. The van der Waals surface area contributed by atoms with Crippen LogP contribution in [0.15, 0.2) is 6.07 Å². The predicted octanol–water partition coefficient (Wildman–Crippen LogP) is 2.99. The average molecular weight is 267 g/mol. The van der Waals surface area contributed by atoms with E-state index in [0.717, 1.165) is 0 Å². The molecule has 2 rings (SSSR count). The van der Waals surface area contributed by atoms with Gasteiger partial charge in [-0.25, -0.2) is 0 Å². The number of hydrogen-bond acceptors (Lipinski definition) is 3. The molecule has 1 aliphatic rings. The molecule has 1 aromatic carbocycles. The van der Waals surface area contributed by atoms with Crippen LogP contribution in [0.3, 0.4) is 0 Å². The van der Waals surface area contributed by atoms with Crippen LogP contribution in [0.1, 0.15) is 0 Å². The van der Waals surface area contributed by atoms with Gasteiger partial charge in [0.2, 0.25) is 0 Å². The number of aldehydes is 1. The number of rotatable bonds is 1. The van der Waals surface area contributed by atoms with Crippen LogP contribution in [-0.4, -0.2) is 19.0 Å². The maximum atomic E-state index is 10.5. The van der Waals surface area contributed by atoms with Crippen LogP contribution in [0, 0.1) is 0 Å². The minimum absolute atomic E-state index is 0.119. The Morgan fingerprint density at radius 2 is 2.07 bits per heavy atom. The molecule has 0 saturated carbocycles. The monoisotopic (exact) mass is 266 g/mol. The smallest absolute Gasteiger partial charge is 0.187 e. The van der Waals surface area contributed by atoms with Crippen LogP contribution in [0.25, 0.3) is 0 Å². The predicted molar refractivity (Wildman–Crippen MR) is 57.4 cm³/mol. The number of carbonyl (C=O) groups excluding carboxylic acids is 1. The van der Waals surface area contributed by atoms with Gasteiger partial charge in [-0.3, -0.25) is 4.79 Å². The number of fused-ring (bicyclic) bond motifs is 1. The average Bonchev–Trinajstić information content (AvgIpc) is 2.25. The second-order valence-electron chi connectivity index (χ2n) is 2.92. The molecular weight excluding hydrogens is 262 g/mol. The summed E-state index contributed by atoms with van der Waals surface area (Å²) in [6.45, 7) is 0.119. The molecular formula is C9H5Cl3O3. The van der Waals surface area contributed by atoms with Gasteiger partial charge < -0.3 is 9.47 Å². The van der Waals surface area contributed by atoms with Crippen molar-refractivity contribution in [1.82, 2.24) is 0 Å². The lowest BCUT2D eigenvalue weighted by Crippen LogP contribution is -2.30. The molecule has 0 radical (unpaired) electrons. The highest BCUT2D eigenvalue weighted by molar-refractivity contribution is 6.48. The SMILES string of the molecule is O=CC1COc2c(cc(Cl)c(Cl)c2Cl)O1. The minimum Gasteiger partial charge on any atom is -0.484 e. The molecule has 0 bridgehead atoms. The third kappa shape index (κ3) is 1.87. The van der Waals surface area contributed by atoms with Crippen molar-refractivity contribution in [3.8, 4) is 11.5 Å². The van der Waals surface area contributed by atoms with E-state index in [0.29, 0.717) is 17.8 Å². The largest absolute Gasteiger partial charge is 0.484 e. The summed E-state index contributed by atoms with van der Waals surface area (Å²) in [5.74, 6) is 0.655. The Labute approximate surface area is 101 Å². The number of halogens is 3. The van der Waals surface area contributed by atoms with Crippen LogP contribution >= 0.6 is 34.8 Å². The Hall–Kier alpha value is -0.640. The lowest BCUT2D eigenvalue weighted by Gasteiger charge is -2.24. The lowest BCUT2D eigenvalue weighted by atomic mass is 10.2. The van der Waals surface area contributed by atoms with Gasteiger partial charge in [0.25, 0.3) is 0 Å². The summed E-state index contributed by atoms with van der Waals surface area (Å²) in [6.07, 6.45) is 0.0186. The second kappa shape index (κ2) is 4.08. The minimum atomic E-state index is -0.634. The van der Waals surface area contributed by atoms with Crippen LogP contribution in [0.5, 0.6) is 11.5 Å². The molecule has 0 aromatic heterocycles. The van der Waals surface area contributed by atoms with Gasteiger partial charge in [0.15, 0.2) is 23.9 Å². The first-order valence-electron chi connectivity index (χ1n) is 4.05. The van der Waals surface area contributed by atoms with Crippen molar-refractivity contribution in [2.45, 2.75) is 6.10 Å². The summed E-state index contributed by atoms with van der Waals surface area (Å²) in [4.78, 5) is 10.5. The van der Waals surface area contributed by atoms with Gasteiger partial charge in [-0.1, -0.05) is 34.8 Å². The van der Waals surface area contributed by atoms with E-state index in [1.807, 2.05) is 0 Å². The molecule has 0 spiro atoms. The molecule has 15 heavy (non-hydrogen) atoms. The van der Waals surface area contributed by atoms with Crippen molar-refractivity contribution in [2.75, 3.05) is 6.61 Å². The second-order valence-corrected chi connectivity index (χ2v) is 4.08. The van der Waals surface area contributed by atoms with Crippen molar-refractivity contribution in [2.24, 2.45) is 0 Å². The quantitative estimate of drug-likeness (QED) is 0.579. The lowest BCUT2D eigenvalue weighted by molar-refractivity contribution is -0.115. The molecule has 3 nitrogen and oxygen atoms in total. The van der Waals surface area contributed by atoms with E-state index in [-0.39, 0.29) is 21.7 Å². The molecule has 0 N–H and O–H groups in total. The zero-order chi connectivity index (χ0) is 11.0. The molecule has 0 amide bonds. The van der Waals surface area contributed by atoms with Crippen LogP contribution in [-0.2, 0) is 4.79 Å². The van der Waals surface area contributed by atoms with Gasteiger partial charge in [-0.2, -0.15) is 0 Å². The van der Waals surface area contributed by atoms with E-state index in [9.17, 15) is 4.79 Å². The molecule has 0 fully saturated rings. The highest BCUT2D eigenvalue weighted by Gasteiger charge is 2.25. The zero-order valence-corrected chi connectivity index (χ0v) is 9.57. The Balaban J connectivity index is 2.48. The molecule has 0 aliphatic carbocycles. The van der Waals surface area contributed by atoms with E-state index in [4.69, 9.17) is 44.3 Å². The van der Waals surface area contributed by atoms with Gasteiger partial charge in [0.1, 0.15) is 11.6 Å². The van der Waals surface area contributed by atoms with E-state index < -0.39 is 6.10 Å². The van der Waals surface area contributed by atoms with E-state index in [1.165, 1.54) is 6.07 Å². The molecule has 1 aliphatic heterocycles. The fraction of sp³-hybridized carbons (Fsp3) is 0.222. The summed E-state index contributed by atoms with van der Waals surface area (Å²) in [5, 5.41) is 0.671. The van der Waals surface area contributed by atoms with Gasteiger partial charge >= 0.3 is 0 Å². The molecule has 1 aromatic rings. The van der Waals surface area contributed by atoms with Crippen LogP contribution in [0.2, 0.25) is 15.1 Å². The Morgan fingerprint density at radius 3 is 2.73 bits per heavy atom. The Morgan fingerprint density at radius 1 is 1.33 bits per heavy atom. The Kier molecular flexibility index (Phi) is 2.96. The molecule has 1 heterocycles. The van der Waals surface area contributed by atoms with E-state index in [2.05, 4.69) is 0 Å². The summed E-state index contributed by atoms with van der Waals surface area (Å²) < 4.78 is 10.5. The zero-order valence-electron chi connectivity index (χ0n) is 7.30. The normalized spacial score (nSPS) is 18.7. The van der Waals surface area contributed by atoms with Crippen molar-refractivity contribution < 1.29 is 14.3 Å². The standard InChI is InChI=1S/C9H5Cl3O3/c10-5-1-6-9(8(12)7(5)11)14-3-4(2-13)15-6/h1-2,4H,3H2. The maximum Gasteiger partial charge on any atom is 0.187 e. The molecule has 1 atom stereocenters. The van der Waals surface area contributed by atoms with E-state index >= 15 is 0 Å². The van der Waals surface area contributed by atoms with Gasteiger partial charge in [-0.05, 0) is 0 Å². The molecule has 1 unspecified atom stereocenters. The van der Waals surface area contributed by atoms with Crippen molar-refractivity contribution >= 4 is 41.1 Å². The third-order valence-electron chi connectivity index (χ3n) is 1.91. The van der Waals surface area contributed by atoms with Crippen molar-refractivity contribution in [1.29, 1.82) is 0 Å². The maximum absolute atomic E-state index is 10.5. The van der Waals surface area contributed by atoms with Crippen molar-refractivity contribution in [3.05, 3.63) is 21.1 Å². The topological polar surface area (TPSA) is 35.5 Å². The number of carbonyl (C=O) groups is 1. The Bertz CT molecular complexity index is 420. The highest BCUT2D eigenvalue weighted by atomic mass is 35.5. The summed E-state index contributed by atoms with van der Waals surface area (Å²) in [5.41, 5.74) is 0. The fourth-order valence-corrected chi connectivity index (χ4v) is 1.84. The van der Waals surface area contributed by atoms with E-state index in [1.54, 1.807) is 0 Å². The van der Waals surface area contributed by atoms with Gasteiger partial charge in [0, 0.05) is 6.07 Å². The van der Waals surface area contributed by atoms with Gasteiger partial charge in [-0.15, -0.1) is 0 Å². The van der Waals surface area contributed by atoms with Gasteiger partial charge in [0.05, 0.1) is 10.0 Å². The number of hydrogen-bond donors (Lipinski definition) is 0. The third-order valence-corrected chi connectivity index (χ3v) is 3.15. The molecule has 0 saturated heterocycles. The summed E-state index contributed by atoms with van der Waals surface area (Å²) >= 11 is 17.5. The first kappa shape index (κ1) is 10.9. The molecule has 80 valence electrons. The van der Waals surface area contributed by atoms with Crippen molar-refractivity contribution in [3.63, 3.8) is 0 Å². The first-order chi connectivity index (χ1) is 7.13. The number of ether oxygens (including phenoxy) is 2. The van der Waals surface area contributed by atoms with Crippen LogP contribution < -0.4 is 9.47 Å². The number of benzene rings is 1. The van der Waals surface area contributed by atoms with Crippen LogP contribution in [0.4, 0.5) is 0 Å². The first-order valence-corrected chi connectivity index (χ1v) is 5.19. The highest BCUT2D eigenvalue weighted by Crippen LogP contribution is 2.45. The summed E-state index contributed by atoms with van der Waals surface area (Å²) in [7, 11) is 0. The fourth-order valence-electron chi connectivity index (χ4n) is 1.21.